The highest BCUT2D eigenvalue weighted by atomic mass is 32.1. The fourth-order valence-electron chi connectivity index (χ4n) is 1.96. The summed E-state index contributed by atoms with van der Waals surface area (Å²) in [6, 6.07) is 4.10. The number of anilines is 1. The lowest BCUT2D eigenvalue weighted by molar-refractivity contribution is 0.0690. The number of aromatic nitrogens is 2. The van der Waals surface area contributed by atoms with E-state index in [-0.39, 0.29) is 11.6 Å². The Morgan fingerprint density at radius 3 is 2.81 bits per heavy atom. The molecule has 5 nitrogen and oxygen atoms in total. The quantitative estimate of drug-likeness (QED) is 0.888. The van der Waals surface area contributed by atoms with Crippen LogP contribution in [0.15, 0.2) is 23.7 Å². The molecule has 6 heteroatoms. The predicted molar refractivity (Wildman–Crippen MR) is 84.4 cm³/mol. The second-order valence-corrected chi connectivity index (χ2v) is 6.21. The van der Waals surface area contributed by atoms with Gasteiger partial charge in [0.2, 0.25) is 0 Å². The van der Waals surface area contributed by atoms with Gasteiger partial charge in [-0.2, -0.15) is 0 Å². The van der Waals surface area contributed by atoms with Crippen molar-refractivity contribution in [2.45, 2.75) is 26.2 Å². The first-order chi connectivity index (χ1) is 9.99. The van der Waals surface area contributed by atoms with Crippen LogP contribution in [0.2, 0.25) is 0 Å². The molecule has 0 saturated heterocycles. The van der Waals surface area contributed by atoms with Crippen LogP contribution in [0.25, 0.3) is 0 Å². The molecule has 0 aliphatic heterocycles. The molecule has 0 spiro atoms. The molecule has 112 valence electrons. The van der Waals surface area contributed by atoms with Gasteiger partial charge in [0, 0.05) is 24.4 Å². The number of rotatable bonds is 6. The van der Waals surface area contributed by atoms with Gasteiger partial charge in [-0.1, -0.05) is 19.9 Å². The van der Waals surface area contributed by atoms with Crippen molar-refractivity contribution in [1.82, 2.24) is 9.97 Å². The molecule has 2 aromatic rings. The molecule has 0 aromatic carbocycles. The van der Waals surface area contributed by atoms with Gasteiger partial charge in [-0.15, -0.1) is 11.3 Å². The second-order valence-electron chi connectivity index (χ2n) is 5.17. The third-order valence-corrected chi connectivity index (χ3v) is 4.13. The normalized spacial score (nSPS) is 10.9. The second kappa shape index (κ2) is 6.67. The zero-order chi connectivity index (χ0) is 15.4. The molecular weight excluding hydrogens is 286 g/mol. The standard InChI is InChI=1S/C15H19N3O2S/c1-10(2)14-16-9-12(13(17-14)15(19)20)18(3)7-6-11-5-4-8-21-11/h4-5,8-10H,6-7H2,1-3H3,(H,19,20). The zero-order valence-corrected chi connectivity index (χ0v) is 13.2. The molecule has 0 radical (unpaired) electrons. The fourth-order valence-corrected chi connectivity index (χ4v) is 2.66. The third kappa shape index (κ3) is 3.78. The van der Waals surface area contributed by atoms with Gasteiger partial charge < -0.3 is 10.0 Å². The number of carboxylic acid groups (broad SMARTS) is 1. The van der Waals surface area contributed by atoms with Crippen LogP contribution >= 0.6 is 11.3 Å². The lowest BCUT2D eigenvalue weighted by atomic mass is 10.2. The molecule has 0 fully saturated rings. The van der Waals surface area contributed by atoms with E-state index in [0.717, 1.165) is 13.0 Å². The van der Waals surface area contributed by atoms with Gasteiger partial charge in [0.15, 0.2) is 5.69 Å². The maximum absolute atomic E-state index is 11.4. The molecule has 2 rings (SSSR count). The van der Waals surface area contributed by atoms with Crippen LogP contribution in [-0.2, 0) is 6.42 Å². The van der Waals surface area contributed by atoms with Crippen LogP contribution in [0.1, 0.15) is 41.0 Å². The van der Waals surface area contributed by atoms with Gasteiger partial charge in [0.05, 0.1) is 11.9 Å². The molecule has 0 amide bonds. The lowest BCUT2D eigenvalue weighted by Gasteiger charge is -2.20. The Bertz CT molecular complexity index is 611. The molecule has 0 bridgehead atoms. The zero-order valence-electron chi connectivity index (χ0n) is 12.4. The molecule has 0 saturated carbocycles. The van der Waals surface area contributed by atoms with Crippen molar-refractivity contribution in [1.29, 1.82) is 0 Å². The van der Waals surface area contributed by atoms with Crippen molar-refractivity contribution < 1.29 is 9.90 Å². The molecule has 0 unspecified atom stereocenters. The van der Waals surface area contributed by atoms with E-state index in [1.165, 1.54) is 4.88 Å². The summed E-state index contributed by atoms with van der Waals surface area (Å²) >= 11 is 1.70. The number of aromatic carboxylic acids is 1. The van der Waals surface area contributed by atoms with E-state index >= 15 is 0 Å². The summed E-state index contributed by atoms with van der Waals surface area (Å²) in [5, 5.41) is 11.4. The van der Waals surface area contributed by atoms with Crippen LogP contribution in [0.5, 0.6) is 0 Å². The van der Waals surface area contributed by atoms with Gasteiger partial charge in [-0.05, 0) is 17.9 Å². The minimum atomic E-state index is -1.02. The predicted octanol–water partition coefficient (Wildman–Crippen LogP) is 3.04. The molecule has 0 aliphatic rings. The first-order valence-electron chi connectivity index (χ1n) is 6.82. The summed E-state index contributed by atoms with van der Waals surface area (Å²) in [7, 11) is 1.87. The largest absolute Gasteiger partial charge is 0.476 e. The minimum Gasteiger partial charge on any atom is -0.476 e. The number of hydrogen-bond donors (Lipinski definition) is 1. The fraction of sp³-hybridized carbons (Fsp3) is 0.400. The summed E-state index contributed by atoms with van der Waals surface area (Å²) in [5.74, 6) is -0.353. The van der Waals surface area contributed by atoms with Crippen LogP contribution in [0.4, 0.5) is 5.69 Å². The first-order valence-corrected chi connectivity index (χ1v) is 7.70. The van der Waals surface area contributed by atoms with E-state index in [1.807, 2.05) is 37.2 Å². The summed E-state index contributed by atoms with van der Waals surface area (Å²) in [5.41, 5.74) is 0.630. The molecule has 0 atom stereocenters. The Kier molecular flexibility index (Phi) is 4.90. The van der Waals surface area contributed by atoms with E-state index in [4.69, 9.17) is 0 Å². The molecule has 2 aromatic heterocycles. The highest BCUT2D eigenvalue weighted by Crippen LogP contribution is 2.20. The van der Waals surface area contributed by atoms with Gasteiger partial charge in [-0.3, -0.25) is 0 Å². The Morgan fingerprint density at radius 1 is 1.48 bits per heavy atom. The number of carboxylic acids is 1. The van der Waals surface area contributed by atoms with E-state index in [9.17, 15) is 9.90 Å². The molecule has 21 heavy (non-hydrogen) atoms. The molecule has 1 N–H and O–H groups in total. The number of nitrogens with zero attached hydrogens (tertiary/aromatic N) is 3. The molecule has 2 heterocycles. The monoisotopic (exact) mass is 305 g/mol. The molecule has 0 aliphatic carbocycles. The summed E-state index contributed by atoms with van der Waals surface area (Å²) in [6.07, 6.45) is 2.49. The SMILES string of the molecule is CC(C)c1ncc(N(C)CCc2cccs2)c(C(=O)O)n1. The Hall–Kier alpha value is -1.95. The van der Waals surface area contributed by atoms with Crippen LogP contribution in [-0.4, -0.2) is 34.6 Å². The average molecular weight is 305 g/mol. The molecular formula is C15H19N3O2S. The number of likely N-dealkylation sites (N-methyl/N-ethyl adjacent to an activating group) is 1. The number of thiophene rings is 1. The Balaban J connectivity index is 2.19. The smallest absolute Gasteiger partial charge is 0.356 e. The van der Waals surface area contributed by atoms with Crippen molar-refractivity contribution >= 4 is 23.0 Å². The maximum atomic E-state index is 11.4. The van der Waals surface area contributed by atoms with Crippen LogP contribution in [0.3, 0.4) is 0 Å². The van der Waals surface area contributed by atoms with Gasteiger partial charge in [0.25, 0.3) is 0 Å². The van der Waals surface area contributed by atoms with Gasteiger partial charge >= 0.3 is 5.97 Å². The van der Waals surface area contributed by atoms with Crippen molar-refractivity contribution in [2.24, 2.45) is 0 Å². The van der Waals surface area contributed by atoms with Crippen LogP contribution in [0, 0.1) is 0 Å². The van der Waals surface area contributed by atoms with Gasteiger partial charge in [-0.25, -0.2) is 14.8 Å². The summed E-state index contributed by atoms with van der Waals surface area (Å²) in [4.78, 5) is 23.1. The summed E-state index contributed by atoms with van der Waals surface area (Å²) in [6.45, 7) is 4.62. The minimum absolute atomic E-state index is 0.0716. The topological polar surface area (TPSA) is 66.3 Å². The summed E-state index contributed by atoms with van der Waals surface area (Å²) < 4.78 is 0. The highest BCUT2D eigenvalue weighted by Gasteiger charge is 2.18. The van der Waals surface area contributed by atoms with E-state index in [0.29, 0.717) is 11.5 Å². The number of carbonyl (C=O) groups is 1. The van der Waals surface area contributed by atoms with Gasteiger partial charge in [0.1, 0.15) is 5.82 Å². The first kappa shape index (κ1) is 15.4. The van der Waals surface area contributed by atoms with Crippen molar-refractivity contribution in [2.75, 3.05) is 18.5 Å². The van der Waals surface area contributed by atoms with Crippen molar-refractivity contribution in [3.8, 4) is 0 Å². The number of hydrogen-bond acceptors (Lipinski definition) is 5. The van der Waals surface area contributed by atoms with E-state index < -0.39 is 5.97 Å². The van der Waals surface area contributed by atoms with Crippen LogP contribution < -0.4 is 4.90 Å². The Morgan fingerprint density at radius 2 is 2.24 bits per heavy atom. The maximum Gasteiger partial charge on any atom is 0.356 e. The van der Waals surface area contributed by atoms with E-state index in [1.54, 1.807) is 17.5 Å². The highest BCUT2D eigenvalue weighted by molar-refractivity contribution is 7.09. The van der Waals surface area contributed by atoms with E-state index in [2.05, 4.69) is 16.0 Å². The van der Waals surface area contributed by atoms with Crippen molar-refractivity contribution in [3.05, 3.63) is 40.1 Å². The third-order valence-electron chi connectivity index (χ3n) is 3.19. The average Bonchev–Trinajstić information content (AvgIpc) is 2.97. The Labute approximate surface area is 128 Å². The lowest BCUT2D eigenvalue weighted by Crippen LogP contribution is -2.24. The van der Waals surface area contributed by atoms with Crippen molar-refractivity contribution in [3.63, 3.8) is 0 Å².